The minimum Gasteiger partial charge on any atom is -0.233 e. The number of hydrogen-bond acceptors (Lipinski definition) is 4. The summed E-state index contributed by atoms with van der Waals surface area (Å²) in [6.45, 7) is 6.32. The summed E-state index contributed by atoms with van der Waals surface area (Å²) in [6, 6.07) is 37.0. The molecule has 0 saturated heterocycles. The van der Waals surface area contributed by atoms with Crippen LogP contribution in [0.25, 0.3) is 45.3 Å². The molecule has 49 heavy (non-hydrogen) atoms. The summed E-state index contributed by atoms with van der Waals surface area (Å²) in [7, 11) is 0. The summed E-state index contributed by atoms with van der Waals surface area (Å²) in [5.41, 5.74) is 9.99. The average Bonchev–Trinajstić information content (AvgIpc) is 3.19. The molecule has 238 valence electrons. The van der Waals surface area contributed by atoms with Crippen LogP contribution < -0.4 is 0 Å². The van der Waals surface area contributed by atoms with Crippen LogP contribution >= 0.6 is 0 Å². The lowest BCUT2D eigenvalue weighted by Crippen LogP contribution is -2.06. The second-order valence-corrected chi connectivity index (χ2v) is 12.1. The molecule has 1 aromatic heterocycles. The zero-order valence-electron chi connectivity index (χ0n) is 27.6. The van der Waals surface area contributed by atoms with Gasteiger partial charge in [0.2, 0.25) is 0 Å². The lowest BCUT2D eigenvalue weighted by molar-refractivity contribution is 0.963. The molecular formula is C44H37N5. The van der Waals surface area contributed by atoms with E-state index in [0.29, 0.717) is 23.3 Å². The molecule has 0 N–H and O–H groups in total. The highest BCUT2D eigenvalue weighted by Crippen LogP contribution is 2.28. The van der Waals surface area contributed by atoms with Crippen LogP contribution in [0.5, 0.6) is 0 Å². The van der Waals surface area contributed by atoms with E-state index in [-0.39, 0.29) is 0 Å². The molecule has 0 aliphatic heterocycles. The highest BCUT2D eigenvalue weighted by atomic mass is 15.0. The quantitative estimate of drug-likeness (QED) is 0.126. The van der Waals surface area contributed by atoms with E-state index >= 15 is 0 Å². The Balaban J connectivity index is 1.14. The van der Waals surface area contributed by atoms with Crippen LogP contribution in [0, 0.1) is 0 Å². The van der Waals surface area contributed by atoms with Gasteiger partial charge >= 0.3 is 0 Å². The zero-order valence-corrected chi connectivity index (χ0v) is 27.6. The summed E-state index contributed by atoms with van der Waals surface area (Å²) in [5.74, 6) is 2.65. The number of hydrogen-bond donors (Lipinski definition) is 0. The van der Waals surface area contributed by atoms with Crippen LogP contribution in [0.4, 0.5) is 0 Å². The largest absolute Gasteiger partial charge is 0.233 e. The first-order valence-electron chi connectivity index (χ1n) is 16.7. The SMILES string of the molecule is C=C(N=C(N=C(C)c1ccc(-c2ccc(-c3nc(-c4ccccc4)nc(-c4ccccc4)n3)cc2)cc1)C1=CCCC=C1)C1=CC=CCC1. The maximum absolute atomic E-state index is 5.03. The second-order valence-electron chi connectivity index (χ2n) is 12.1. The lowest BCUT2D eigenvalue weighted by Gasteiger charge is -2.12. The first-order chi connectivity index (χ1) is 24.1. The summed E-state index contributed by atoms with van der Waals surface area (Å²) in [5, 5.41) is 0. The topological polar surface area (TPSA) is 63.4 Å². The molecule has 0 radical (unpaired) electrons. The maximum atomic E-state index is 5.03. The van der Waals surface area contributed by atoms with Crippen molar-refractivity contribution in [3.63, 3.8) is 0 Å². The molecule has 0 fully saturated rings. The molecule has 7 rings (SSSR count). The van der Waals surface area contributed by atoms with Crippen molar-refractivity contribution in [2.45, 2.75) is 32.6 Å². The Kier molecular flexibility index (Phi) is 9.51. The van der Waals surface area contributed by atoms with Crippen LogP contribution in [-0.2, 0) is 0 Å². The van der Waals surface area contributed by atoms with E-state index in [1.165, 1.54) is 0 Å². The van der Waals surface area contributed by atoms with E-state index in [0.717, 1.165) is 81.6 Å². The molecule has 5 aromatic rings. The standard InChI is InChI=1S/C44H37N5/c1-31(33-15-7-3-8-16-33)45-41(37-17-9-4-10-18-37)46-32(2)34-23-25-35(26-24-34)36-27-29-40(30-28-36)44-48-42(38-19-11-5-12-20-38)47-43(49-44)39-21-13-6-14-22-39/h3,5-7,9,11-15,17-30H,1,4,8,10,16H2,2H3. The fourth-order valence-corrected chi connectivity index (χ4v) is 5.85. The summed E-state index contributed by atoms with van der Waals surface area (Å²) < 4.78 is 0. The number of rotatable bonds is 8. The molecular weight excluding hydrogens is 599 g/mol. The van der Waals surface area contributed by atoms with Crippen molar-refractivity contribution in [2.75, 3.05) is 0 Å². The van der Waals surface area contributed by atoms with Gasteiger partial charge in [0.15, 0.2) is 23.3 Å². The highest BCUT2D eigenvalue weighted by molar-refractivity contribution is 6.13. The Morgan fingerprint density at radius 2 is 1.14 bits per heavy atom. The number of aliphatic imine (C=N–C) groups is 2. The fourth-order valence-electron chi connectivity index (χ4n) is 5.85. The molecule has 5 nitrogen and oxygen atoms in total. The molecule has 0 bridgehead atoms. The predicted molar refractivity (Wildman–Crippen MR) is 203 cm³/mol. The molecule has 0 spiro atoms. The van der Waals surface area contributed by atoms with Gasteiger partial charge in [-0.2, -0.15) is 0 Å². The van der Waals surface area contributed by atoms with E-state index in [2.05, 4.69) is 91.6 Å². The molecule has 2 aliphatic carbocycles. The summed E-state index contributed by atoms with van der Waals surface area (Å²) >= 11 is 0. The van der Waals surface area contributed by atoms with Gasteiger partial charge < -0.3 is 0 Å². The third kappa shape index (κ3) is 7.58. The van der Waals surface area contributed by atoms with Gasteiger partial charge in [-0.15, -0.1) is 0 Å². The number of nitrogens with zero attached hydrogens (tertiary/aromatic N) is 5. The first-order valence-corrected chi connectivity index (χ1v) is 16.7. The van der Waals surface area contributed by atoms with Crippen molar-refractivity contribution in [3.8, 4) is 45.3 Å². The highest BCUT2D eigenvalue weighted by Gasteiger charge is 2.14. The van der Waals surface area contributed by atoms with E-state index in [1.807, 2.05) is 67.6 Å². The first kappa shape index (κ1) is 31.5. The van der Waals surface area contributed by atoms with Gasteiger partial charge in [0.1, 0.15) is 0 Å². The number of aromatic nitrogens is 3. The van der Waals surface area contributed by atoms with Gasteiger partial charge in [-0.1, -0.05) is 152 Å². The third-order valence-corrected chi connectivity index (χ3v) is 8.63. The average molecular weight is 636 g/mol. The van der Waals surface area contributed by atoms with E-state index < -0.39 is 0 Å². The Morgan fingerprint density at radius 3 is 1.67 bits per heavy atom. The lowest BCUT2D eigenvalue weighted by atomic mass is 10.0. The molecule has 0 atom stereocenters. The monoisotopic (exact) mass is 635 g/mol. The molecule has 1 heterocycles. The van der Waals surface area contributed by atoms with Gasteiger partial charge in [0.25, 0.3) is 0 Å². The maximum Gasteiger partial charge on any atom is 0.164 e. The Morgan fingerprint density at radius 1 is 0.592 bits per heavy atom. The smallest absolute Gasteiger partial charge is 0.164 e. The van der Waals surface area contributed by atoms with E-state index in [9.17, 15) is 0 Å². The number of amidine groups is 1. The van der Waals surface area contributed by atoms with Gasteiger partial charge in [0.05, 0.1) is 5.70 Å². The molecule has 4 aromatic carbocycles. The van der Waals surface area contributed by atoms with Crippen molar-refractivity contribution in [2.24, 2.45) is 9.98 Å². The summed E-state index contributed by atoms with van der Waals surface area (Å²) in [6.07, 6.45) is 16.9. The van der Waals surface area contributed by atoms with E-state index in [4.69, 9.17) is 24.9 Å². The van der Waals surface area contributed by atoms with Gasteiger partial charge in [-0.25, -0.2) is 24.9 Å². The second kappa shape index (κ2) is 14.8. The van der Waals surface area contributed by atoms with Crippen LogP contribution in [-0.4, -0.2) is 26.5 Å². The zero-order chi connectivity index (χ0) is 33.4. The van der Waals surface area contributed by atoms with Crippen molar-refractivity contribution in [1.29, 1.82) is 0 Å². The van der Waals surface area contributed by atoms with Gasteiger partial charge in [0, 0.05) is 28.0 Å². The van der Waals surface area contributed by atoms with Crippen molar-refractivity contribution in [1.82, 2.24) is 15.0 Å². The van der Waals surface area contributed by atoms with Gasteiger partial charge in [-0.05, 0) is 54.9 Å². The third-order valence-electron chi connectivity index (χ3n) is 8.63. The van der Waals surface area contributed by atoms with Crippen LogP contribution in [0.2, 0.25) is 0 Å². The van der Waals surface area contributed by atoms with Crippen LogP contribution in [0.1, 0.15) is 38.2 Å². The molecule has 0 amide bonds. The molecule has 0 unspecified atom stereocenters. The van der Waals surface area contributed by atoms with Gasteiger partial charge in [-0.3, -0.25) is 0 Å². The Hall–Kier alpha value is -6.07. The van der Waals surface area contributed by atoms with E-state index in [1.54, 1.807) is 0 Å². The minimum absolute atomic E-state index is 0.640. The molecule has 5 heteroatoms. The molecule has 2 aliphatic rings. The van der Waals surface area contributed by atoms with Crippen molar-refractivity contribution in [3.05, 3.63) is 175 Å². The number of benzene rings is 4. The molecule has 0 saturated carbocycles. The van der Waals surface area contributed by atoms with Crippen molar-refractivity contribution >= 4 is 11.5 Å². The van der Waals surface area contributed by atoms with Crippen LogP contribution in [0.3, 0.4) is 0 Å². The Labute approximate surface area is 288 Å². The predicted octanol–water partition coefficient (Wildman–Crippen LogP) is 10.8. The summed E-state index contributed by atoms with van der Waals surface area (Å²) in [4.78, 5) is 24.5. The number of allylic oxidation sites excluding steroid dienone is 6. The normalized spacial score (nSPS) is 14.7. The Bertz CT molecular complexity index is 2090. The van der Waals surface area contributed by atoms with Crippen LogP contribution in [0.15, 0.2) is 179 Å². The fraction of sp³-hybridized carbons (Fsp3) is 0.114. The van der Waals surface area contributed by atoms with Crippen molar-refractivity contribution < 1.29 is 0 Å². The minimum atomic E-state index is 0.640.